The molecule has 0 saturated carbocycles. The van der Waals surface area contributed by atoms with Gasteiger partial charge in [-0.05, 0) is 50.7 Å². The number of nitrogens with two attached hydrogens (primary N) is 1. The van der Waals surface area contributed by atoms with Gasteiger partial charge in [0, 0.05) is 30.5 Å². The Hall–Kier alpha value is -1.75. The molecule has 1 aromatic carbocycles. The van der Waals surface area contributed by atoms with E-state index >= 15 is 0 Å². The molecule has 2 amide bonds. The van der Waals surface area contributed by atoms with E-state index in [1.54, 1.807) is 12.1 Å². The van der Waals surface area contributed by atoms with Crippen LogP contribution in [-0.2, 0) is 0 Å². The molecular formula is C15H24N4O. The van der Waals surface area contributed by atoms with Gasteiger partial charge < -0.3 is 20.9 Å². The number of hydrogen-bond acceptors (Lipinski definition) is 3. The van der Waals surface area contributed by atoms with Gasteiger partial charge in [-0.25, -0.2) is 4.79 Å². The first kappa shape index (κ1) is 14.7. The van der Waals surface area contributed by atoms with E-state index in [2.05, 4.69) is 24.2 Å². The summed E-state index contributed by atoms with van der Waals surface area (Å²) in [7, 11) is 2.12. The van der Waals surface area contributed by atoms with Gasteiger partial charge in [-0.3, -0.25) is 0 Å². The van der Waals surface area contributed by atoms with Gasteiger partial charge in [0.1, 0.15) is 0 Å². The third-order valence-electron chi connectivity index (χ3n) is 3.80. The van der Waals surface area contributed by atoms with Crippen molar-refractivity contribution in [3.63, 3.8) is 0 Å². The molecule has 1 atom stereocenters. The summed E-state index contributed by atoms with van der Waals surface area (Å²) < 4.78 is 0. The highest BCUT2D eigenvalue weighted by Crippen LogP contribution is 2.16. The highest BCUT2D eigenvalue weighted by atomic mass is 16.2. The van der Waals surface area contributed by atoms with Crippen LogP contribution in [0.15, 0.2) is 24.3 Å². The molecule has 1 unspecified atom stereocenters. The minimum atomic E-state index is -0.0167. The van der Waals surface area contributed by atoms with Gasteiger partial charge in [-0.2, -0.15) is 0 Å². The number of urea groups is 1. The molecule has 1 heterocycles. The summed E-state index contributed by atoms with van der Waals surface area (Å²) in [5.74, 6) is 0. The van der Waals surface area contributed by atoms with E-state index in [0.717, 1.165) is 38.2 Å². The molecule has 0 radical (unpaired) electrons. The van der Waals surface area contributed by atoms with Crippen molar-refractivity contribution in [1.29, 1.82) is 0 Å². The average molecular weight is 276 g/mol. The van der Waals surface area contributed by atoms with Crippen molar-refractivity contribution in [3.8, 4) is 0 Å². The number of anilines is 2. The molecule has 2 rings (SSSR count). The molecule has 0 bridgehead atoms. The molecule has 0 aliphatic carbocycles. The van der Waals surface area contributed by atoms with E-state index in [1.807, 2.05) is 17.0 Å². The van der Waals surface area contributed by atoms with Crippen molar-refractivity contribution < 1.29 is 4.79 Å². The van der Waals surface area contributed by atoms with Crippen LogP contribution in [0.3, 0.4) is 0 Å². The summed E-state index contributed by atoms with van der Waals surface area (Å²) in [6, 6.07) is 7.51. The number of benzene rings is 1. The smallest absolute Gasteiger partial charge is 0.322 e. The SMILES string of the molecule is CCC1CN(C)CCCN1C(=O)Nc1ccc(N)cc1. The molecule has 110 valence electrons. The van der Waals surface area contributed by atoms with Gasteiger partial charge in [0.25, 0.3) is 0 Å². The van der Waals surface area contributed by atoms with Crippen molar-refractivity contribution in [2.45, 2.75) is 25.8 Å². The Kier molecular flexibility index (Phi) is 4.84. The zero-order chi connectivity index (χ0) is 14.5. The number of nitrogen functional groups attached to an aromatic ring is 1. The number of likely N-dealkylation sites (N-methyl/N-ethyl adjacent to an activating group) is 1. The third-order valence-corrected chi connectivity index (χ3v) is 3.80. The Morgan fingerprint density at radius 1 is 1.35 bits per heavy atom. The zero-order valence-electron chi connectivity index (χ0n) is 12.3. The van der Waals surface area contributed by atoms with Crippen molar-refractivity contribution in [2.75, 3.05) is 37.7 Å². The maximum absolute atomic E-state index is 12.4. The number of carbonyl (C=O) groups is 1. The minimum Gasteiger partial charge on any atom is -0.399 e. The molecule has 20 heavy (non-hydrogen) atoms. The average Bonchev–Trinajstić information content (AvgIpc) is 2.62. The first-order chi connectivity index (χ1) is 9.60. The summed E-state index contributed by atoms with van der Waals surface area (Å²) in [6.45, 7) is 4.92. The van der Waals surface area contributed by atoms with Gasteiger partial charge in [0.2, 0.25) is 0 Å². The molecule has 3 N–H and O–H groups in total. The Labute approximate surface area is 120 Å². The molecule has 1 fully saturated rings. The third kappa shape index (κ3) is 3.63. The number of nitrogens with zero attached hydrogens (tertiary/aromatic N) is 2. The van der Waals surface area contributed by atoms with Gasteiger partial charge in [0.05, 0.1) is 0 Å². The minimum absolute atomic E-state index is 0.0167. The van der Waals surface area contributed by atoms with Crippen LogP contribution in [0, 0.1) is 0 Å². The van der Waals surface area contributed by atoms with E-state index in [4.69, 9.17) is 5.73 Å². The maximum atomic E-state index is 12.4. The molecular weight excluding hydrogens is 252 g/mol. The van der Waals surface area contributed by atoms with E-state index < -0.39 is 0 Å². The van der Waals surface area contributed by atoms with Crippen LogP contribution in [0.5, 0.6) is 0 Å². The van der Waals surface area contributed by atoms with E-state index in [9.17, 15) is 4.79 Å². The molecule has 1 saturated heterocycles. The zero-order valence-corrected chi connectivity index (χ0v) is 12.3. The Bertz CT molecular complexity index is 446. The summed E-state index contributed by atoms with van der Waals surface area (Å²) in [5, 5.41) is 2.96. The second-order valence-corrected chi connectivity index (χ2v) is 5.42. The summed E-state index contributed by atoms with van der Waals surface area (Å²) in [4.78, 5) is 16.7. The number of hydrogen-bond donors (Lipinski definition) is 2. The number of amides is 2. The standard InChI is InChI=1S/C15H24N4O/c1-3-14-11-18(2)9-4-10-19(14)15(20)17-13-7-5-12(16)6-8-13/h5-8,14H,3-4,9-11,16H2,1-2H3,(H,17,20). The highest BCUT2D eigenvalue weighted by molar-refractivity contribution is 5.89. The first-order valence-electron chi connectivity index (χ1n) is 7.22. The fourth-order valence-corrected chi connectivity index (χ4v) is 2.62. The highest BCUT2D eigenvalue weighted by Gasteiger charge is 2.25. The van der Waals surface area contributed by atoms with Crippen molar-refractivity contribution in [2.24, 2.45) is 0 Å². The lowest BCUT2D eigenvalue weighted by molar-refractivity contribution is 0.182. The van der Waals surface area contributed by atoms with Crippen LogP contribution in [0.4, 0.5) is 16.2 Å². The lowest BCUT2D eigenvalue weighted by Crippen LogP contribution is -2.45. The largest absolute Gasteiger partial charge is 0.399 e. The van der Waals surface area contributed by atoms with Crippen LogP contribution >= 0.6 is 0 Å². The van der Waals surface area contributed by atoms with Crippen molar-refractivity contribution in [3.05, 3.63) is 24.3 Å². The van der Waals surface area contributed by atoms with Gasteiger partial charge >= 0.3 is 6.03 Å². The van der Waals surface area contributed by atoms with Gasteiger partial charge in [-0.1, -0.05) is 6.92 Å². The fraction of sp³-hybridized carbons (Fsp3) is 0.533. The topological polar surface area (TPSA) is 61.6 Å². The Morgan fingerprint density at radius 2 is 2.05 bits per heavy atom. The first-order valence-corrected chi connectivity index (χ1v) is 7.22. The van der Waals surface area contributed by atoms with E-state index in [0.29, 0.717) is 5.69 Å². The number of carbonyl (C=O) groups excluding carboxylic acids is 1. The van der Waals surface area contributed by atoms with Crippen molar-refractivity contribution in [1.82, 2.24) is 9.80 Å². The van der Waals surface area contributed by atoms with E-state index in [1.165, 1.54) is 0 Å². The molecule has 5 nitrogen and oxygen atoms in total. The van der Waals surface area contributed by atoms with Gasteiger partial charge in [0.15, 0.2) is 0 Å². The second kappa shape index (κ2) is 6.61. The van der Waals surface area contributed by atoms with Crippen molar-refractivity contribution >= 4 is 17.4 Å². The van der Waals surface area contributed by atoms with Crippen LogP contribution in [0.2, 0.25) is 0 Å². The van der Waals surface area contributed by atoms with E-state index in [-0.39, 0.29) is 12.1 Å². The van der Waals surface area contributed by atoms with Crippen LogP contribution in [-0.4, -0.2) is 48.6 Å². The summed E-state index contributed by atoms with van der Waals surface area (Å²) in [5.41, 5.74) is 7.14. The molecule has 5 heteroatoms. The predicted molar refractivity (Wildman–Crippen MR) is 82.8 cm³/mol. The number of nitrogens with one attached hydrogen (secondary N) is 1. The summed E-state index contributed by atoms with van der Waals surface area (Å²) >= 11 is 0. The molecule has 1 aromatic rings. The Balaban J connectivity index is 2.04. The van der Waals surface area contributed by atoms with Crippen LogP contribution < -0.4 is 11.1 Å². The monoisotopic (exact) mass is 276 g/mol. The maximum Gasteiger partial charge on any atom is 0.322 e. The summed E-state index contributed by atoms with van der Waals surface area (Å²) in [6.07, 6.45) is 1.99. The fourth-order valence-electron chi connectivity index (χ4n) is 2.62. The van der Waals surface area contributed by atoms with Gasteiger partial charge in [-0.15, -0.1) is 0 Å². The normalized spacial score (nSPS) is 20.5. The number of rotatable bonds is 2. The van der Waals surface area contributed by atoms with Crippen LogP contribution in [0.1, 0.15) is 19.8 Å². The Morgan fingerprint density at radius 3 is 2.70 bits per heavy atom. The molecule has 1 aliphatic rings. The predicted octanol–water partition coefficient (Wildman–Crippen LogP) is 2.22. The van der Waals surface area contributed by atoms with Crippen LogP contribution in [0.25, 0.3) is 0 Å². The molecule has 0 aromatic heterocycles. The molecule has 1 aliphatic heterocycles. The molecule has 0 spiro atoms. The second-order valence-electron chi connectivity index (χ2n) is 5.42. The lowest BCUT2D eigenvalue weighted by Gasteiger charge is -2.30. The quantitative estimate of drug-likeness (QED) is 0.814. The lowest BCUT2D eigenvalue weighted by atomic mass is 10.2.